The Bertz CT molecular complexity index is 343. The number of esters is 1. The highest BCUT2D eigenvalue weighted by Gasteiger charge is 1.77. The molecule has 0 fully saturated rings. The largest absolute Gasteiger partial charge is 0.469 e. The number of methoxy groups -OCH3 is 2. The molecule has 0 heterocycles. The lowest BCUT2D eigenvalue weighted by Gasteiger charge is -1.80. The van der Waals surface area contributed by atoms with Gasteiger partial charge in [-0.1, -0.05) is 68.5 Å². The zero-order chi connectivity index (χ0) is 28.1. The van der Waals surface area contributed by atoms with Gasteiger partial charge in [0.2, 0.25) is 5.91 Å². The highest BCUT2D eigenvalue weighted by Crippen LogP contribution is 1.88. The quantitative estimate of drug-likeness (QED) is 0.207. The first-order chi connectivity index (χ1) is 14.5. The molecule has 0 aliphatic rings. The molecule has 0 aromatic carbocycles. The van der Waals surface area contributed by atoms with E-state index in [1.807, 2.05) is 40.5 Å². The molecule has 0 aromatic rings. The smallest absolute Gasteiger partial charge is 0.302 e. The van der Waals surface area contributed by atoms with Crippen molar-refractivity contribution >= 4 is 63.4 Å². The first kappa shape index (κ1) is 90.7. The van der Waals surface area contributed by atoms with Crippen LogP contribution in [0.15, 0.2) is 0 Å². The van der Waals surface area contributed by atoms with Crippen LogP contribution in [-0.4, -0.2) is 88.9 Å². The first-order valence-corrected chi connectivity index (χ1v) is 12.4. The molecule has 0 aromatic heterocycles. The number of nitrogens with one attached hydrogen (secondary N) is 2. The summed E-state index contributed by atoms with van der Waals surface area (Å²) in [6, 6.07) is 0. The first-order valence-electron chi connectivity index (χ1n) is 9.13. The van der Waals surface area contributed by atoms with Gasteiger partial charge < -0.3 is 24.9 Å². The van der Waals surface area contributed by atoms with Crippen molar-refractivity contribution in [3.8, 4) is 0 Å². The van der Waals surface area contributed by atoms with Gasteiger partial charge in [-0.3, -0.25) is 14.4 Å². The van der Waals surface area contributed by atoms with Crippen LogP contribution >= 0.6 is 35.7 Å². The number of thioether (sulfide) groups is 2. The summed E-state index contributed by atoms with van der Waals surface area (Å²) in [5.74, 6) is -0.0741. The van der Waals surface area contributed by atoms with Gasteiger partial charge in [0, 0.05) is 42.0 Å². The van der Waals surface area contributed by atoms with Gasteiger partial charge in [-0.05, 0) is 65.4 Å². The molecule has 0 rings (SSSR count). The summed E-state index contributed by atoms with van der Waals surface area (Å²) in [6.45, 7) is 11.2. The highest BCUT2D eigenvalue weighted by molar-refractivity contribution is 8.12. The number of thiocarbonyl (C=S) groups is 1. The molecular weight excluding hydrogens is 545 g/mol. The molecule has 0 aliphatic heterocycles. The van der Waals surface area contributed by atoms with Gasteiger partial charge in [0.1, 0.15) is 5.78 Å². The van der Waals surface area contributed by atoms with E-state index in [2.05, 4.69) is 32.3 Å². The van der Waals surface area contributed by atoms with Crippen LogP contribution in [0.25, 0.3) is 0 Å². The Morgan fingerprint density at radius 2 is 0.737 bits per heavy atom. The lowest BCUT2D eigenvalue weighted by atomic mass is 10.6. The Kier molecular flexibility index (Phi) is 263. The zero-order valence-electron chi connectivity index (χ0n) is 23.2. The van der Waals surface area contributed by atoms with Gasteiger partial charge in [0.05, 0.1) is 7.11 Å². The lowest BCUT2D eigenvalue weighted by molar-refractivity contribution is -0.138. The van der Waals surface area contributed by atoms with E-state index >= 15 is 0 Å². The van der Waals surface area contributed by atoms with E-state index in [1.165, 1.54) is 46.6 Å². The summed E-state index contributed by atoms with van der Waals surface area (Å²) in [4.78, 5) is 39.5. The fraction of sp³-hybridized carbons (Fsp3) is 0.815. The predicted octanol–water partition coefficient (Wildman–Crippen LogP) is 7.71. The normalized spacial score (nSPS) is 5.58. The average Bonchev–Trinajstić information content (AvgIpc) is 2.63. The van der Waals surface area contributed by atoms with Gasteiger partial charge >= 0.3 is 5.97 Å². The molecule has 0 bridgehead atoms. The van der Waals surface area contributed by atoms with Gasteiger partial charge in [-0.2, -0.15) is 11.8 Å². The Balaban J connectivity index is -0.0000000142. The fourth-order valence-electron chi connectivity index (χ4n) is 0. The SMILES string of the molecule is C.C.C.C.C.C.CC(C)=O.CC(C)=S.CNC.CNC(C)=O.COC.COC(C)=O.CSC.CSC(C)=O. The third kappa shape index (κ3) is 1620. The minimum absolute atomic E-state index is 0. The maximum Gasteiger partial charge on any atom is 0.302 e. The Labute approximate surface area is 256 Å². The third-order valence-electron chi connectivity index (χ3n) is 0.927. The molecule has 8 nitrogen and oxygen atoms in total. The second-order valence-electron chi connectivity index (χ2n) is 5.33. The molecule has 0 radical (unpaired) electrons. The lowest BCUT2D eigenvalue weighted by Crippen LogP contribution is -2.11. The Morgan fingerprint density at radius 1 is 0.658 bits per heavy atom. The molecule has 2 N–H and O–H groups in total. The number of hydrogen-bond donors (Lipinski definition) is 2. The number of rotatable bonds is 0. The van der Waals surface area contributed by atoms with Crippen molar-refractivity contribution < 1.29 is 28.7 Å². The topological polar surface area (TPSA) is 111 Å². The van der Waals surface area contributed by atoms with Gasteiger partial charge in [-0.15, -0.1) is 0 Å². The van der Waals surface area contributed by atoms with Crippen LogP contribution in [0.2, 0.25) is 0 Å². The number of hydrogen-bond acceptors (Lipinski definition) is 10. The summed E-state index contributed by atoms with van der Waals surface area (Å²) < 4.78 is 8.36. The van der Waals surface area contributed by atoms with Gasteiger partial charge in [-0.25, -0.2) is 0 Å². The number of carbonyl (C=O) groups is 4. The number of amides is 1. The second-order valence-corrected chi connectivity index (χ2v) is 7.95. The molecule has 0 aliphatic carbocycles. The van der Waals surface area contributed by atoms with E-state index in [4.69, 9.17) is 0 Å². The van der Waals surface area contributed by atoms with Gasteiger partial charge in [0.25, 0.3) is 0 Å². The molecule has 0 unspecified atom stereocenters. The minimum Gasteiger partial charge on any atom is -0.469 e. The van der Waals surface area contributed by atoms with E-state index in [9.17, 15) is 19.2 Å². The van der Waals surface area contributed by atoms with Crippen LogP contribution in [0.3, 0.4) is 0 Å². The van der Waals surface area contributed by atoms with Crippen LogP contribution in [0.5, 0.6) is 0 Å². The van der Waals surface area contributed by atoms with Crippen molar-refractivity contribution in [2.45, 2.75) is 93.0 Å². The number of ketones is 1. The van der Waals surface area contributed by atoms with Crippen molar-refractivity contribution in [1.29, 1.82) is 0 Å². The van der Waals surface area contributed by atoms with E-state index in [0.717, 1.165) is 4.86 Å². The van der Waals surface area contributed by atoms with Crippen LogP contribution in [-0.2, 0) is 28.7 Å². The van der Waals surface area contributed by atoms with E-state index < -0.39 is 0 Å². The maximum atomic E-state index is 9.78. The molecule has 11 heteroatoms. The summed E-state index contributed by atoms with van der Waals surface area (Å²) >= 11 is 7.53. The molecule has 0 saturated heterocycles. The number of Topliss-reactive ketones (excluding diaryl/α,β-unsaturated/α-hetero) is 1. The van der Waals surface area contributed by atoms with Crippen molar-refractivity contribution in [3.63, 3.8) is 0 Å². The third-order valence-corrected chi connectivity index (χ3v) is 1.50. The van der Waals surface area contributed by atoms with Crippen LogP contribution < -0.4 is 10.6 Å². The molecule has 1 amide bonds. The molecule has 0 spiro atoms. The standard InChI is InChI=1S/C3H7NO.C3H6O2.C3H6OS.C3H6O.C3H6S.C2H7N.C2H6O.C2H6S.6CH4/c1-3(5)4-2;2*1-3(4)5-2;2*1-3(2)4;3*1-3-2;;;;;;/h1-2H3,(H,4,5);2*1-2H3;2*1-2H3;3H,1-2H3;2*1-2H3;6*1H4. The number of carbonyl (C=O) groups excluding carboxylic acids is 4. The summed E-state index contributed by atoms with van der Waals surface area (Å²) in [5.41, 5.74) is 0. The fourth-order valence-corrected chi connectivity index (χ4v) is 0. The highest BCUT2D eigenvalue weighted by atomic mass is 32.2. The summed E-state index contributed by atoms with van der Waals surface area (Å²) in [5, 5.41) is 5.31. The summed E-state index contributed by atoms with van der Waals surface area (Å²) in [6.07, 6.45) is 5.85. The second kappa shape index (κ2) is 110. The summed E-state index contributed by atoms with van der Waals surface area (Å²) in [7, 11) is 9.95. The van der Waals surface area contributed by atoms with Crippen molar-refractivity contribution in [3.05, 3.63) is 0 Å². The molecule has 0 atom stereocenters. The molecule has 0 saturated carbocycles. The molecular formula is C27H74N2O6S3. The van der Waals surface area contributed by atoms with Crippen molar-refractivity contribution in [2.24, 2.45) is 0 Å². The Hall–Kier alpha value is -1.01. The van der Waals surface area contributed by atoms with E-state index in [-0.39, 0.29) is 67.3 Å². The zero-order valence-corrected chi connectivity index (χ0v) is 25.6. The van der Waals surface area contributed by atoms with Crippen molar-refractivity contribution in [1.82, 2.24) is 10.6 Å². The minimum atomic E-state index is -0.245. The molecule has 246 valence electrons. The van der Waals surface area contributed by atoms with Gasteiger partial charge in [0.15, 0.2) is 5.12 Å². The van der Waals surface area contributed by atoms with Crippen LogP contribution in [0.4, 0.5) is 0 Å². The van der Waals surface area contributed by atoms with Crippen LogP contribution in [0, 0.1) is 0 Å². The Morgan fingerprint density at radius 3 is 0.737 bits per heavy atom. The monoisotopic (exact) mass is 618 g/mol. The average molecular weight is 619 g/mol. The molecule has 38 heavy (non-hydrogen) atoms. The predicted molar refractivity (Wildman–Crippen MR) is 190 cm³/mol. The van der Waals surface area contributed by atoms with Crippen molar-refractivity contribution in [2.75, 3.05) is 61.2 Å². The maximum absolute atomic E-state index is 9.78. The van der Waals surface area contributed by atoms with E-state index in [0.29, 0.717) is 0 Å². The van der Waals surface area contributed by atoms with E-state index in [1.54, 1.807) is 46.2 Å². The number of ether oxygens (including phenoxy) is 2. The van der Waals surface area contributed by atoms with Crippen LogP contribution in [0.1, 0.15) is 93.0 Å².